The molecule has 29 heavy (non-hydrogen) atoms. The lowest BCUT2D eigenvalue weighted by Crippen LogP contribution is -2.46. The van der Waals surface area contributed by atoms with E-state index in [4.69, 9.17) is 4.74 Å². The van der Waals surface area contributed by atoms with Crippen LogP contribution in [0.4, 0.5) is 4.39 Å². The van der Waals surface area contributed by atoms with Crippen LogP contribution in [0.25, 0.3) is 0 Å². The van der Waals surface area contributed by atoms with Gasteiger partial charge in [-0.3, -0.25) is 4.79 Å². The third-order valence-corrected chi connectivity index (χ3v) is 6.65. The van der Waals surface area contributed by atoms with Gasteiger partial charge in [-0.1, -0.05) is 41.9 Å². The van der Waals surface area contributed by atoms with Crippen molar-refractivity contribution in [3.05, 3.63) is 64.4 Å². The van der Waals surface area contributed by atoms with Crippen molar-refractivity contribution in [1.82, 2.24) is 4.31 Å². The molecule has 8 heteroatoms. The molecule has 0 heterocycles. The largest absolute Gasteiger partial charge is 0.465 e. The van der Waals surface area contributed by atoms with Crippen LogP contribution in [-0.4, -0.2) is 31.3 Å². The Bertz CT molecular complexity index is 932. The van der Waals surface area contributed by atoms with Gasteiger partial charge in [0.1, 0.15) is 11.9 Å². The number of ether oxygens (including phenoxy) is 1. The number of carbonyl (C=O) groups is 1. The number of sulfonamides is 1. The number of halogens is 2. The van der Waals surface area contributed by atoms with E-state index >= 15 is 0 Å². The molecule has 0 fully saturated rings. The van der Waals surface area contributed by atoms with Gasteiger partial charge < -0.3 is 4.74 Å². The Hall–Kier alpha value is -1.77. The number of benzene rings is 2. The molecule has 1 unspecified atom stereocenters. The van der Waals surface area contributed by atoms with Crippen LogP contribution >= 0.6 is 15.9 Å². The summed E-state index contributed by atoms with van der Waals surface area (Å²) in [5.41, 5.74) is 0.448. The molecule has 1 atom stereocenters. The van der Waals surface area contributed by atoms with Crippen molar-refractivity contribution in [2.24, 2.45) is 5.92 Å². The molecular formula is C21H25BrFNO4S. The van der Waals surface area contributed by atoms with E-state index in [9.17, 15) is 17.6 Å². The molecule has 0 aromatic heterocycles. The highest BCUT2D eigenvalue weighted by Crippen LogP contribution is 2.26. The summed E-state index contributed by atoms with van der Waals surface area (Å²) in [6.45, 7) is 5.47. The van der Waals surface area contributed by atoms with Gasteiger partial charge >= 0.3 is 5.97 Å². The monoisotopic (exact) mass is 485 g/mol. The Morgan fingerprint density at radius 1 is 1.17 bits per heavy atom. The van der Waals surface area contributed by atoms with Gasteiger partial charge in [-0.15, -0.1) is 0 Å². The van der Waals surface area contributed by atoms with Crippen molar-refractivity contribution in [1.29, 1.82) is 0 Å². The van der Waals surface area contributed by atoms with Crippen molar-refractivity contribution in [2.45, 2.75) is 44.7 Å². The molecular weight excluding hydrogens is 461 g/mol. The Morgan fingerprint density at radius 3 is 2.38 bits per heavy atom. The summed E-state index contributed by atoms with van der Waals surface area (Å²) >= 11 is 3.29. The van der Waals surface area contributed by atoms with E-state index in [1.165, 1.54) is 30.3 Å². The van der Waals surface area contributed by atoms with Crippen LogP contribution in [0.3, 0.4) is 0 Å². The molecule has 0 N–H and O–H groups in total. The number of hydrogen-bond donors (Lipinski definition) is 0. The van der Waals surface area contributed by atoms with E-state index in [1.807, 2.05) is 13.8 Å². The van der Waals surface area contributed by atoms with Gasteiger partial charge in [-0.2, -0.15) is 4.31 Å². The first-order valence-electron chi connectivity index (χ1n) is 9.33. The molecule has 2 rings (SSSR count). The first-order chi connectivity index (χ1) is 13.6. The first kappa shape index (κ1) is 23.5. The minimum absolute atomic E-state index is 0.0412. The molecule has 0 radical (unpaired) electrons. The molecule has 2 aromatic carbocycles. The Balaban J connectivity index is 2.55. The summed E-state index contributed by atoms with van der Waals surface area (Å²) in [7, 11) is -4.05. The van der Waals surface area contributed by atoms with Crippen LogP contribution in [0, 0.1) is 11.7 Å². The average molecular weight is 486 g/mol. The van der Waals surface area contributed by atoms with Crippen LogP contribution in [-0.2, 0) is 26.1 Å². The smallest absolute Gasteiger partial charge is 0.324 e. The second-order valence-electron chi connectivity index (χ2n) is 7.03. The van der Waals surface area contributed by atoms with E-state index in [2.05, 4.69) is 15.9 Å². The quantitative estimate of drug-likeness (QED) is 0.480. The fourth-order valence-electron chi connectivity index (χ4n) is 2.94. The summed E-state index contributed by atoms with van der Waals surface area (Å²) in [5.74, 6) is -1.04. The number of hydrogen-bond acceptors (Lipinski definition) is 4. The molecule has 0 spiro atoms. The van der Waals surface area contributed by atoms with Crippen LogP contribution in [0.1, 0.15) is 32.8 Å². The van der Waals surface area contributed by atoms with Crippen LogP contribution < -0.4 is 0 Å². The average Bonchev–Trinajstić information content (AvgIpc) is 2.65. The fourth-order valence-corrected chi connectivity index (χ4v) is 4.78. The molecule has 0 aliphatic carbocycles. The van der Waals surface area contributed by atoms with Gasteiger partial charge in [0.2, 0.25) is 10.0 Å². The third-order valence-electron chi connectivity index (χ3n) is 4.25. The van der Waals surface area contributed by atoms with Crippen molar-refractivity contribution < 1.29 is 22.3 Å². The first-order valence-corrected chi connectivity index (χ1v) is 11.6. The van der Waals surface area contributed by atoms with E-state index in [1.54, 1.807) is 25.1 Å². The molecule has 0 saturated carbocycles. The topological polar surface area (TPSA) is 63.7 Å². The highest BCUT2D eigenvalue weighted by Gasteiger charge is 2.37. The van der Waals surface area contributed by atoms with Crippen molar-refractivity contribution in [2.75, 3.05) is 6.61 Å². The second-order valence-corrected chi connectivity index (χ2v) is 9.84. The predicted molar refractivity (Wildman–Crippen MR) is 113 cm³/mol. The van der Waals surface area contributed by atoms with Gasteiger partial charge in [-0.25, -0.2) is 12.8 Å². The summed E-state index contributed by atoms with van der Waals surface area (Å²) in [6.07, 6.45) is 0.282. The number of esters is 1. The van der Waals surface area contributed by atoms with E-state index in [0.717, 1.165) is 8.78 Å². The summed E-state index contributed by atoms with van der Waals surface area (Å²) in [5, 5.41) is 0. The van der Waals surface area contributed by atoms with Crippen molar-refractivity contribution in [3.8, 4) is 0 Å². The maximum absolute atomic E-state index is 13.7. The molecule has 0 aliphatic rings. The lowest BCUT2D eigenvalue weighted by atomic mass is 10.0. The van der Waals surface area contributed by atoms with Gasteiger partial charge in [0.05, 0.1) is 11.5 Å². The molecule has 158 valence electrons. The zero-order chi connectivity index (χ0) is 21.6. The highest BCUT2D eigenvalue weighted by atomic mass is 79.9. The van der Waals surface area contributed by atoms with E-state index in [0.29, 0.717) is 5.56 Å². The molecule has 2 aromatic rings. The third kappa shape index (κ3) is 6.35. The van der Waals surface area contributed by atoms with Gasteiger partial charge in [0.25, 0.3) is 0 Å². The Morgan fingerprint density at radius 2 is 1.83 bits per heavy atom. The predicted octanol–water partition coefficient (Wildman–Crippen LogP) is 4.76. The van der Waals surface area contributed by atoms with Crippen molar-refractivity contribution in [3.63, 3.8) is 0 Å². The van der Waals surface area contributed by atoms with Gasteiger partial charge in [0.15, 0.2) is 0 Å². The van der Waals surface area contributed by atoms with Crippen LogP contribution in [0.2, 0.25) is 0 Å². The fraction of sp³-hybridized carbons (Fsp3) is 0.381. The zero-order valence-corrected chi connectivity index (χ0v) is 19.0. The Labute approximate surface area is 180 Å². The molecule has 0 bridgehead atoms. The van der Waals surface area contributed by atoms with E-state index in [-0.39, 0.29) is 30.4 Å². The van der Waals surface area contributed by atoms with Gasteiger partial charge in [0, 0.05) is 11.0 Å². The Kier molecular flexibility index (Phi) is 8.36. The summed E-state index contributed by atoms with van der Waals surface area (Å²) in [4.78, 5) is 12.8. The summed E-state index contributed by atoms with van der Waals surface area (Å²) in [6, 6.07) is 10.8. The highest BCUT2D eigenvalue weighted by molar-refractivity contribution is 9.10. The molecule has 0 aliphatic heterocycles. The maximum Gasteiger partial charge on any atom is 0.324 e. The molecule has 5 nitrogen and oxygen atoms in total. The van der Waals surface area contributed by atoms with Crippen LogP contribution in [0.15, 0.2) is 57.9 Å². The standard InChI is InChI=1S/C21H25BrFNO4S/c1-4-28-21(25)20(12-15(2)3)24(14-16-6-5-7-18(23)13-16)29(26,27)19-10-8-17(22)9-11-19/h5-11,13,15,20H,4,12,14H2,1-3H3. The van der Waals surface area contributed by atoms with Gasteiger partial charge in [-0.05, 0) is 61.2 Å². The van der Waals surface area contributed by atoms with Crippen LogP contribution in [0.5, 0.6) is 0 Å². The SMILES string of the molecule is CCOC(=O)C(CC(C)C)N(Cc1cccc(F)c1)S(=O)(=O)c1ccc(Br)cc1. The number of carbonyl (C=O) groups excluding carboxylic acids is 1. The summed E-state index contributed by atoms with van der Waals surface area (Å²) < 4.78 is 47.7. The number of rotatable bonds is 9. The lowest BCUT2D eigenvalue weighted by Gasteiger charge is -2.30. The molecule has 0 amide bonds. The van der Waals surface area contributed by atoms with Crippen molar-refractivity contribution >= 4 is 31.9 Å². The number of nitrogens with zero attached hydrogens (tertiary/aromatic N) is 1. The minimum Gasteiger partial charge on any atom is -0.465 e. The lowest BCUT2D eigenvalue weighted by molar-refractivity contribution is -0.148. The maximum atomic E-state index is 13.7. The molecule has 0 saturated heterocycles. The van der Waals surface area contributed by atoms with E-state index < -0.39 is 27.9 Å². The minimum atomic E-state index is -4.05. The second kappa shape index (κ2) is 10.3. The zero-order valence-electron chi connectivity index (χ0n) is 16.6. The normalized spacial score (nSPS) is 12.9.